The number of aromatic nitrogens is 5. The van der Waals surface area contributed by atoms with Crippen LogP contribution < -0.4 is 15.4 Å². The number of hydrogen-bond acceptors (Lipinski definition) is 9. The van der Waals surface area contributed by atoms with Crippen LogP contribution in [0.3, 0.4) is 0 Å². The number of aromatic amines is 1. The monoisotopic (exact) mass is 565 g/mol. The van der Waals surface area contributed by atoms with Crippen molar-refractivity contribution in [1.82, 2.24) is 25.4 Å². The molecule has 1 aliphatic carbocycles. The maximum absolute atomic E-state index is 14.4. The zero-order valence-corrected chi connectivity index (χ0v) is 21.3. The molecule has 0 spiro atoms. The highest BCUT2D eigenvalue weighted by Gasteiger charge is 2.33. The molecular formula is C24H23F4N7O3S. The molecule has 1 aromatic carbocycles. The first-order valence-corrected chi connectivity index (χ1v) is 12.8. The van der Waals surface area contributed by atoms with Gasteiger partial charge in [-0.2, -0.15) is 5.10 Å². The van der Waals surface area contributed by atoms with Crippen LogP contribution in [-0.2, 0) is 9.53 Å². The second-order valence-corrected chi connectivity index (χ2v) is 9.97. The maximum Gasteiger partial charge on any atom is 0.573 e. The Labute approximate surface area is 223 Å². The Balaban J connectivity index is 1.17. The first kappa shape index (κ1) is 26.7. The van der Waals surface area contributed by atoms with Gasteiger partial charge in [0.15, 0.2) is 11.8 Å². The van der Waals surface area contributed by atoms with Gasteiger partial charge in [0.05, 0.1) is 5.69 Å². The average molecular weight is 566 g/mol. The number of ether oxygens (including phenoxy) is 2. The molecule has 10 nitrogen and oxygen atoms in total. The number of nitrogens with zero attached hydrogens (tertiary/aromatic N) is 4. The summed E-state index contributed by atoms with van der Waals surface area (Å²) in [5, 5.41) is 24.0. The van der Waals surface area contributed by atoms with Gasteiger partial charge >= 0.3 is 6.36 Å². The van der Waals surface area contributed by atoms with Crippen LogP contribution in [-0.4, -0.2) is 50.8 Å². The lowest BCUT2D eigenvalue weighted by Gasteiger charge is -2.28. The van der Waals surface area contributed by atoms with E-state index in [-0.39, 0.29) is 11.2 Å². The quantitative estimate of drug-likeness (QED) is 0.245. The van der Waals surface area contributed by atoms with Crippen LogP contribution in [0.25, 0.3) is 11.0 Å². The zero-order valence-electron chi connectivity index (χ0n) is 20.5. The number of alkyl halides is 3. The van der Waals surface area contributed by atoms with Gasteiger partial charge in [-0.15, -0.1) is 28.5 Å². The average Bonchev–Trinajstić information content (AvgIpc) is 3.54. The van der Waals surface area contributed by atoms with Crippen LogP contribution >= 0.6 is 11.3 Å². The molecule has 15 heteroatoms. The Morgan fingerprint density at radius 2 is 1.85 bits per heavy atom. The van der Waals surface area contributed by atoms with Gasteiger partial charge in [0.1, 0.15) is 11.6 Å². The molecule has 0 saturated heterocycles. The molecule has 0 bridgehead atoms. The van der Waals surface area contributed by atoms with Crippen molar-refractivity contribution in [2.24, 2.45) is 0 Å². The Morgan fingerprint density at radius 3 is 2.59 bits per heavy atom. The molecule has 1 atom stereocenters. The number of benzene rings is 1. The van der Waals surface area contributed by atoms with Crippen LogP contribution in [0.2, 0.25) is 0 Å². The van der Waals surface area contributed by atoms with Crippen molar-refractivity contribution in [3.63, 3.8) is 0 Å². The largest absolute Gasteiger partial charge is 0.573 e. The SMILES string of the molecule is CO[C@H](C(=O)Nc1nnc(N[C@H]2CC[C@@H](c3cc4cc[nH]c4nn3)CC2)s1)c1cc(OC(F)(F)F)ccc1F. The molecular weight excluding hydrogens is 542 g/mol. The van der Waals surface area contributed by atoms with Crippen molar-refractivity contribution in [2.45, 2.75) is 50.1 Å². The van der Waals surface area contributed by atoms with Crippen molar-refractivity contribution in [3.05, 3.63) is 53.6 Å². The smallest absolute Gasteiger partial charge is 0.406 e. The minimum absolute atomic E-state index is 0.122. The summed E-state index contributed by atoms with van der Waals surface area (Å²) < 4.78 is 60.9. The second kappa shape index (κ2) is 11.1. The van der Waals surface area contributed by atoms with Crippen LogP contribution in [0.15, 0.2) is 36.5 Å². The van der Waals surface area contributed by atoms with E-state index >= 15 is 0 Å². The summed E-state index contributed by atoms with van der Waals surface area (Å²) >= 11 is 1.08. The summed E-state index contributed by atoms with van der Waals surface area (Å²) in [6.07, 6.45) is -1.10. The minimum Gasteiger partial charge on any atom is -0.406 e. The normalized spacial score (nSPS) is 18.6. The van der Waals surface area contributed by atoms with Crippen LogP contribution in [0.4, 0.5) is 27.8 Å². The molecule has 5 rings (SSSR count). The number of H-pyrrole nitrogens is 1. The number of anilines is 2. The van der Waals surface area contributed by atoms with E-state index in [4.69, 9.17) is 4.74 Å². The molecule has 1 aliphatic rings. The molecule has 206 valence electrons. The Morgan fingerprint density at radius 1 is 1.08 bits per heavy atom. The summed E-state index contributed by atoms with van der Waals surface area (Å²) in [7, 11) is 1.13. The van der Waals surface area contributed by atoms with E-state index in [9.17, 15) is 22.4 Å². The van der Waals surface area contributed by atoms with E-state index in [2.05, 4.69) is 46.8 Å². The topological polar surface area (TPSA) is 127 Å². The zero-order chi connectivity index (χ0) is 27.6. The van der Waals surface area contributed by atoms with Crippen molar-refractivity contribution in [2.75, 3.05) is 17.7 Å². The van der Waals surface area contributed by atoms with Gasteiger partial charge in [-0.3, -0.25) is 10.1 Å². The van der Waals surface area contributed by atoms with Gasteiger partial charge < -0.3 is 19.8 Å². The fourth-order valence-corrected chi connectivity index (χ4v) is 5.30. The molecule has 3 aromatic heterocycles. The molecule has 3 N–H and O–H groups in total. The van der Waals surface area contributed by atoms with Crippen LogP contribution in [0.1, 0.15) is 49.0 Å². The number of carbonyl (C=O) groups is 1. The second-order valence-electron chi connectivity index (χ2n) is 8.99. The summed E-state index contributed by atoms with van der Waals surface area (Å²) in [6.45, 7) is 0. The number of fused-ring (bicyclic) bond motifs is 1. The first-order chi connectivity index (χ1) is 18.7. The van der Waals surface area contributed by atoms with Crippen LogP contribution in [0, 0.1) is 5.82 Å². The first-order valence-electron chi connectivity index (χ1n) is 12.0. The fourth-order valence-electron chi connectivity index (χ4n) is 4.58. The van der Waals surface area contributed by atoms with Crippen LogP contribution in [0.5, 0.6) is 5.75 Å². The predicted molar refractivity (Wildman–Crippen MR) is 134 cm³/mol. The molecule has 1 saturated carbocycles. The van der Waals surface area contributed by atoms with Crippen molar-refractivity contribution in [1.29, 1.82) is 0 Å². The van der Waals surface area contributed by atoms with E-state index in [1.165, 1.54) is 0 Å². The van der Waals surface area contributed by atoms with Crippen molar-refractivity contribution >= 4 is 38.5 Å². The summed E-state index contributed by atoms with van der Waals surface area (Å²) in [5.74, 6) is -2.13. The highest BCUT2D eigenvalue weighted by Crippen LogP contribution is 2.35. The predicted octanol–water partition coefficient (Wildman–Crippen LogP) is 5.31. The number of carbonyl (C=O) groups excluding carboxylic acids is 1. The summed E-state index contributed by atoms with van der Waals surface area (Å²) in [5.41, 5.74) is 1.32. The lowest BCUT2D eigenvalue weighted by atomic mass is 9.84. The molecule has 0 aliphatic heterocycles. The van der Waals surface area contributed by atoms with E-state index in [1.807, 2.05) is 12.3 Å². The van der Waals surface area contributed by atoms with Gasteiger partial charge in [0.25, 0.3) is 5.91 Å². The Kier molecular flexibility index (Phi) is 7.61. The molecule has 39 heavy (non-hydrogen) atoms. The molecule has 0 radical (unpaired) electrons. The highest BCUT2D eigenvalue weighted by molar-refractivity contribution is 7.19. The molecule has 1 fully saturated rings. The van der Waals surface area contributed by atoms with E-state index in [1.54, 1.807) is 0 Å². The van der Waals surface area contributed by atoms with Gasteiger partial charge in [-0.05, 0) is 56.0 Å². The lowest BCUT2D eigenvalue weighted by Crippen LogP contribution is -2.25. The Bertz CT molecular complexity index is 1450. The standard InChI is InChI=1S/C24H23F4N7O3S/c1-37-19(16-11-15(6-7-17(16)25)38-24(26,27)28)21(36)31-23-35-34-22(39-23)30-14-4-2-12(3-5-14)18-10-13-8-9-29-20(13)33-32-18/h6-12,14,19H,2-5H2,1H3,(H,29,33)(H,30,34)(H,31,35,36)/t12-,14+,19-/m0/s1. The lowest BCUT2D eigenvalue weighted by molar-refractivity contribution is -0.274. The Hall–Kier alpha value is -3.85. The van der Waals surface area contributed by atoms with Gasteiger partial charge in [-0.1, -0.05) is 11.3 Å². The maximum atomic E-state index is 14.4. The number of nitrogens with one attached hydrogen (secondary N) is 3. The molecule has 0 unspecified atom stereocenters. The van der Waals surface area contributed by atoms with Gasteiger partial charge in [-0.25, -0.2) is 4.39 Å². The fraction of sp³-hybridized carbons (Fsp3) is 0.375. The minimum atomic E-state index is -4.97. The van der Waals surface area contributed by atoms with E-state index in [0.29, 0.717) is 11.0 Å². The van der Waals surface area contributed by atoms with Gasteiger partial charge in [0.2, 0.25) is 10.3 Å². The van der Waals surface area contributed by atoms with Gasteiger partial charge in [0, 0.05) is 36.2 Å². The van der Waals surface area contributed by atoms with Crippen molar-refractivity contribution < 1.29 is 31.8 Å². The molecule has 3 heterocycles. The number of amides is 1. The number of hydrogen-bond donors (Lipinski definition) is 3. The van der Waals surface area contributed by atoms with E-state index in [0.717, 1.165) is 79.1 Å². The third-order valence-corrected chi connectivity index (χ3v) is 7.18. The third-order valence-electron chi connectivity index (χ3n) is 6.41. The number of halogens is 4. The molecule has 1 amide bonds. The highest BCUT2D eigenvalue weighted by atomic mass is 32.1. The number of methoxy groups -OCH3 is 1. The van der Waals surface area contributed by atoms with E-state index < -0.39 is 35.5 Å². The summed E-state index contributed by atoms with van der Waals surface area (Å²) in [4.78, 5) is 15.8. The molecule has 4 aromatic rings. The third kappa shape index (κ3) is 6.42. The summed E-state index contributed by atoms with van der Waals surface area (Å²) in [6, 6.07) is 6.53. The van der Waals surface area contributed by atoms with Crippen molar-refractivity contribution in [3.8, 4) is 5.75 Å². The number of rotatable bonds is 8.